The monoisotopic (exact) mass is 719 g/mol. The molecule has 0 saturated heterocycles. The summed E-state index contributed by atoms with van der Waals surface area (Å²) in [5.74, 6) is 6.34. The summed E-state index contributed by atoms with van der Waals surface area (Å²) in [5, 5.41) is 45.7. The van der Waals surface area contributed by atoms with Gasteiger partial charge in [0.25, 0.3) is 0 Å². The standard InChI is InChI=1S/C43H50N4O6/c1-2-7-33(48)23-35(50)24-34(49)15-12-29-13-17-40(52)41(20-29)53-42-11-6-10-39(51)36-16-14-30(43(44)45-19-18-28-8-4-3-5-9-28)21-31(36)22-32-25-46-38-27-47(42)26-37(32)38/h3-5,8-9,13-14,16-17,20-21,25,27,33,35,39,42-43,45,48,50-52H,2,7,11-12,15,18-19,22-24,26,44H2,1H3/p+1/t33-,35+,39-,42+,43+/m0/s1. The number of rotatable bonds is 16. The summed E-state index contributed by atoms with van der Waals surface area (Å²) in [4.78, 5) is 18.3. The number of hydrogen-bond acceptors (Lipinski definition) is 9. The number of carbonyl (C=O) groups excluding carboxylic acids is 1. The van der Waals surface area contributed by atoms with Gasteiger partial charge in [-0.2, -0.15) is 0 Å². The number of phenols is 1. The quantitative estimate of drug-likeness (QED) is 0.0875. The number of nitrogens with zero attached hydrogens (tertiary/aromatic N) is 1. The number of allylic oxidation sites excluding steroid dienone is 1. The maximum absolute atomic E-state index is 12.6. The van der Waals surface area contributed by atoms with E-state index in [1.807, 2.05) is 49.7 Å². The number of Topliss-reactive ketones (excluding diaryl/α,β-unsaturated/α-hetero) is 1. The summed E-state index contributed by atoms with van der Waals surface area (Å²) in [6.45, 7) is 3.32. The van der Waals surface area contributed by atoms with Crippen LogP contribution in [-0.2, 0) is 24.1 Å². The van der Waals surface area contributed by atoms with E-state index in [-0.39, 0.29) is 49.1 Å². The maximum Gasteiger partial charge on any atom is 0.247 e. The number of fused-ring (bicyclic) bond motifs is 2. The second kappa shape index (κ2) is 18.0. The first kappa shape index (κ1) is 38.1. The van der Waals surface area contributed by atoms with Gasteiger partial charge in [-0.05, 0) is 77.6 Å². The number of quaternary nitrogens is 1. The van der Waals surface area contributed by atoms with Crippen LogP contribution in [0.15, 0.2) is 94.8 Å². The molecule has 53 heavy (non-hydrogen) atoms. The van der Waals surface area contributed by atoms with Crippen molar-refractivity contribution < 1.29 is 34.9 Å². The second-order valence-corrected chi connectivity index (χ2v) is 14.3. The average molecular weight is 720 g/mol. The van der Waals surface area contributed by atoms with Crippen LogP contribution in [0.1, 0.15) is 85.5 Å². The van der Waals surface area contributed by atoms with Gasteiger partial charge in [-0.25, -0.2) is 0 Å². The van der Waals surface area contributed by atoms with Crippen molar-refractivity contribution in [3.05, 3.63) is 118 Å². The molecule has 0 fully saturated rings. The number of benzene rings is 3. The van der Waals surface area contributed by atoms with E-state index >= 15 is 0 Å². The van der Waals surface area contributed by atoms with E-state index in [2.05, 4.69) is 35.4 Å². The molecule has 1 unspecified atom stereocenters. The molecule has 3 aromatic rings. The lowest BCUT2D eigenvalue weighted by molar-refractivity contribution is -0.885. The Kier molecular flexibility index (Phi) is 12.9. The van der Waals surface area contributed by atoms with Crippen LogP contribution in [0.25, 0.3) is 0 Å². The lowest BCUT2D eigenvalue weighted by Crippen LogP contribution is -3.11. The summed E-state index contributed by atoms with van der Waals surface area (Å²) in [7, 11) is 0. The number of aliphatic imine (C=N–C) groups is 1. The number of aliphatic hydroxyl groups excluding tert-OH is 3. The number of nitrogens with two attached hydrogens (primary N) is 1. The van der Waals surface area contributed by atoms with Crippen LogP contribution in [-0.4, -0.2) is 63.9 Å². The molecule has 0 amide bonds. The number of aryl methyl sites for hydroxylation is 1. The molecule has 10 nitrogen and oxygen atoms in total. The van der Waals surface area contributed by atoms with Crippen molar-refractivity contribution in [2.24, 2.45) is 10.7 Å². The fraction of sp³-hybridized carbons (Fsp3) is 0.395. The van der Waals surface area contributed by atoms with Crippen LogP contribution in [0.4, 0.5) is 0 Å². The lowest BCUT2D eigenvalue weighted by atomic mass is 9.92. The molecule has 3 aliphatic heterocycles. The minimum Gasteiger partial charge on any atom is -0.504 e. The van der Waals surface area contributed by atoms with Gasteiger partial charge in [0.2, 0.25) is 6.23 Å². The molecule has 2 bridgehead atoms. The van der Waals surface area contributed by atoms with Crippen LogP contribution < -0.4 is 20.7 Å². The highest BCUT2D eigenvalue weighted by Crippen LogP contribution is 2.32. The minimum atomic E-state index is -1.02. The molecule has 0 radical (unpaired) electrons. The summed E-state index contributed by atoms with van der Waals surface area (Å²) in [5.41, 5.74) is 14.3. The first-order valence-corrected chi connectivity index (χ1v) is 18.7. The molecule has 0 spiro atoms. The highest BCUT2D eigenvalue weighted by molar-refractivity contribution is 5.87. The Morgan fingerprint density at radius 2 is 1.91 bits per heavy atom. The molecule has 0 aliphatic carbocycles. The van der Waals surface area contributed by atoms with E-state index in [1.54, 1.807) is 18.2 Å². The smallest absolute Gasteiger partial charge is 0.247 e. The van der Waals surface area contributed by atoms with Crippen molar-refractivity contribution in [1.29, 1.82) is 0 Å². The van der Waals surface area contributed by atoms with Gasteiger partial charge in [-0.15, -0.1) is 0 Å². The fourth-order valence-electron chi connectivity index (χ4n) is 7.20. The molecular formula is C43H51N4O6+. The van der Waals surface area contributed by atoms with E-state index in [9.17, 15) is 25.2 Å². The lowest BCUT2D eigenvalue weighted by Gasteiger charge is -2.23. The molecule has 10 heteroatoms. The van der Waals surface area contributed by atoms with Gasteiger partial charge < -0.3 is 30.9 Å². The molecule has 0 saturated carbocycles. The number of ketones is 1. The number of aromatic hydroxyl groups is 1. The van der Waals surface area contributed by atoms with Crippen molar-refractivity contribution in [2.75, 3.05) is 13.1 Å². The topological polar surface area (TPSA) is 162 Å². The Bertz CT molecular complexity index is 1910. The van der Waals surface area contributed by atoms with Crippen LogP contribution in [0, 0.1) is 11.8 Å². The molecule has 3 aliphatic rings. The van der Waals surface area contributed by atoms with Gasteiger partial charge in [0.05, 0.1) is 18.4 Å². The minimum absolute atomic E-state index is 0.00626. The van der Waals surface area contributed by atoms with Crippen molar-refractivity contribution >= 4 is 12.0 Å². The summed E-state index contributed by atoms with van der Waals surface area (Å²) >= 11 is 0. The van der Waals surface area contributed by atoms with E-state index in [0.29, 0.717) is 25.8 Å². The van der Waals surface area contributed by atoms with Crippen LogP contribution >= 0.6 is 0 Å². The summed E-state index contributed by atoms with van der Waals surface area (Å²) in [6.07, 6.45) is 4.46. The zero-order valence-electron chi connectivity index (χ0n) is 30.3. The number of nitrogens with one attached hydrogen (secondary N) is 2. The Hall–Kier alpha value is -4.60. The molecule has 6 atom stereocenters. The number of aliphatic hydroxyl groups is 3. The second-order valence-electron chi connectivity index (χ2n) is 14.3. The zero-order valence-corrected chi connectivity index (χ0v) is 30.3. The van der Waals surface area contributed by atoms with E-state index < -0.39 is 24.5 Å². The third-order valence-corrected chi connectivity index (χ3v) is 10.1. The number of ether oxygens (including phenoxy) is 1. The summed E-state index contributed by atoms with van der Waals surface area (Å²) in [6, 6.07) is 21.2. The van der Waals surface area contributed by atoms with Crippen LogP contribution in [0.5, 0.6) is 11.5 Å². The zero-order chi connectivity index (χ0) is 37.3. The van der Waals surface area contributed by atoms with Crippen LogP contribution in [0.2, 0.25) is 0 Å². The first-order valence-electron chi connectivity index (χ1n) is 18.7. The van der Waals surface area contributed by atoms with Crippen molar-refractivity contribution in [3.63, 3.8) is 0 Å². The molecule has 0 aromatic heterocycles. The normalized spacial score (nSPS) is 20.7. The third-order valence-electron chi connectivity index (χ3n) is 10.1. The van der Waals surface area contributed by atoms with Gasteiger partial charge >= 0.3 is 0 Å². The molecule has 278 valence electrons. The molecule has 8 N–H and O–H groups in total. The summed E-state index contributed by atoms with van der Waals surface area (Å²) < 4.78 is 6.45. The predicted octanol–water partition coefficient (Wildman–Crippen LogP) is 3.49. The third kappa shape index (κ3) is 10.1. The SMILES string of the molecule is CCC[C@H](O)C[C@@H](O)CC(=O)CCc1ccc(O)c(O[C@@H]2CC#C[C@H](O)c3ccc([C@H](N)NCCc4ccccc4)cc3CC3=C4C[NH+]2C=C4N=C3)c1. The average Bonchev–Trinajstić information content (AvgIpc) is 3.73. The van der Waals surface area contributed by atoms with E-state index in [4.69, 9.17) is 15.5 Å². The first-order chi connectivity index (χ1) is 25.7. The van der Waals surface area contributed by atoms with Gasteiger partial charge in [-0.1, -0.05) is 79.8 Å². The predicted molar refractivity (Wildman–Crippen MR) is 204 cm³/mol. The van der Waals surface area contributed by atoms with Gasteiger partial charge in [-0.3, -0.25) is 20.0 Å². The fourth-order valence-corrected chi connectivity index (χ4v) is 7.20. The van der Waals surface area contributed by atoms with Crippen LogP contribution in [0.3, 0.4) is 0 Å². The maximum atomic E-state index is 12.6. The Labute approximate surface area is 311 Å². The van der Waals surface area contributed by atoms with E-state index in [1.165, 1.54) is 5.56 Å². The molecule has 6 rings (SSSR count). The van der Waals surface area contributed by atoms with Crippen molar-refractivity contribution in [2.45, 2.75) is 95.4 Å². The van der Waals surface area contributed by atoms with Crippen molar-refractivity contribution in [1.82, 2.24) is 5.32 Å². The van der Waals surface area contributed by atoms with Gasteiger partial charge in [0.1, 0.15) is 36.7 Å². The molecule has 3 heterocycles. The van der Waals surface area contributed by atoms with Crippen molar-refractivity contribution in [3.8, 4) is 23.3 Å². The Morgan fingerprint density at radius 1 is 1.08 bits per heavy atom. The highest BCUT2D eigenvalue weighted by atomic mass is 16.5. The van der Waals surface area contributed by atoms with Gasteiger partial charge in [0.15, 0.2) is 11.5 Å². The Morgan fingerprint density at radius 3 is 2.72 bits per heavy atom. The number of phenolic OH excluding ortho intramolecular Hbond substituents is 1. The largest absolute Gasteiger partial charge is 0.504 e. The van der Waals surface area contributed by atoms with E-state index in [0.717, 1.165) is 63.4 Å². The Balaban J connectivity index is 1.14. The number of carbonyl (C=O) groups is 1. The van der Waals surface area contributed by atoms with Gasteiger partial charge in [0, 0.05) is 31.2 Å². The highest BCUT2D eigenvalue weighted by Gasteiger charge is 2.35. The number of hydrogen-bond donors (Lipinski definition) is 7. The molecule has 3 aromatic carbocycles. The molecular weight excluding hydrogens is 668 g/mol.